The zero-order valence-corrected chi connectivity index (χ0v) is 15.4. The van der Waals surface area contributed by atoms with Crippen molar-refractivity contribution in [2.45, 2.75) is 46.5 Å². The third-order valence-corrected chi connectivity index (χ3v) is 5.17. The van der Waals surface area contributed by atoms with Crippen molar-refractivity contribution in [3.05, 3.63) is 41.7 Å². The average Bonchev–Trinajstić information content (AvgIpc) is 2.91. The van der Waals surface area contributed by atoms with Crippen LogP contribution in [0.15, 0.2) is 30.5 Å². The van der Waals surface area contributed by atoms with Crippen LogP contribution in [0.2, 0.25) is 0 Å². The van der Waals surface area contributed by atoms with E-state index in [4.69, 9.17) is 0 Å². The van der Waals surface area contributed by atoms with E-state index in [2.05, 4.69) is 27.2 Å². The van der Waals surface area contributed by atoms with Crippen molar-refractivity contribution in [2.24, 2.45) is 5.41 Å². The van der Waals surface area contributed by atoms with Gasteiger partial charge in [0, 0.05) is 18.3 Å². The van der Waals surface area contributed by atoms with Gasteiger partial charge < -0.3 is 0 Å². The smallest absolute Gasteiger partial charge is 0.227 e. The van der Waals surface area contributed by atoms with Gasteiger partial charge in [-0.15, -0.1) is 0 Å². The van der Waals surface area contributed by atoms with Gasteiger partial charge in [0.25, 0.3) is 0 Å². The van der Waals surface area contributed by atoms with Crippen LogP contribution in [0.25, 0.3) is 17.0 Å². The highest BCUT2D eigenvalue weighted by atomic mass is 16.1. The van der Waals surface area contributed by atoms with Gasteiger partial charge in [0.15, 0.2) is 5.65 Å². The highest BCUT2D eigenvalue weighted by Crippen LogP contribution is 2.43. The lowest BCUT2D eigenvalue weighted by Crippen LogP contribution is -2.31. The topological polar surface area (TPSA) is 72.7 Å². The Labute approximate surface area is 152 Å². The molecule has 1 fully saturated rings. The molecule has 6 nitrogen and oxygen atoms in total. The largest absolute Gasteiger partial charge is 0.296 e. The first kappa shape index (κ1) is 16.7. The quantitative estimate of drug-likeness (QED) is 0.774. The Hall–Kier alpha value is -2.76. The molecule has 1 aliphatic rings. The summed E-state index contributed by atoms with van der Waals surface area (Å²) in [5.41, 5.74) is 3.53. The number of carbonyl (C=O) groups excluding carboxylic acids is 1. The summed E-state index contributed by atoms with van der Waals surface area (Å²) in [4.78, 5) is 26.3. The van der Waals surface area contributed by atoms with Crippen molar-refractivity contribution >= 4 is 23.0 Å². The second kappa shape index (κ2) is 6.20. The number of aromatic nitrogens is 4. The van der Waals surface area contributed by atoms with Crippen LogP contribution in [0, 0.1) is 19.3 Å². The van der Waals surface area contributed by atoms with Crippen LogP contribution in [0.4, 0.5) is 5.95 Å². The molecule has 0 unspecified atom stereocenters. The van der Waals surface area contributed by atoms with Gasteiger partial charge in [0.2, 0.25) is 11.9 Å². The maximum absolute atomic E-state index is 12.6. The fourth-order valence-corrected chi connectivity index (χ4v) is 3.46. The molecular weight excluding hydrogens is 326 g/mol. The van der Waals surface area contributed by atoms with Crippen LogP contribution >= 0.6 is 0 Å². The number of hydrogen-bond donors (Lipinski definition) is 1. The minimum Gasteiger partial charge on any atom is -0.296 e. The summed E-state index contributed by atoms with van der Waals surface area (Å²) in [5, 5.41) is 2.99. The van der Waals surface area contributed by atoms with Gasteiger partial charge in [-0.05, 0) is 55.9 Å². The Balaban J connectivity index is 1.74. The van der Waals surface area contributed by atoms with Crippen molar-refractivity contribution in [2.75, 3.05) is 5.32 Å². The molecule has 0 aliphatic heterocycles. The van der Waals surface area contributed by atoms with Crippen LogP contribution < -0.4 is 5.32 Å². The highest BCUT2D eigenvalue weighted by molar-refractivity contribution is 5.92. The molecular formula is C20H23N5O. The van der Waals surface area contributed by atoms with E-state index < -0.39 is 0 Å². The molecule has 26 heavy (non-hydrogen) atoms. The van der Waals surface area contributed by atoms with Crippen LogP contribution in [-0.4, -0.2) is 25.4 Å². The lowest BCUT2D eigenvalue weighted by atomic mass is 9.68. The second-order valence-electron chi connectivity index (χ2n) is 7.65. The number of amides is 1. The number of nitrogens with zero attached hydrogens (tertiary/aromatic N) is 4. The Kier molecular flexibility index (Phi) is 3.98. The van der Waals surface area contributed by atoms with Crippen molar-refractivity contribution in [1.82, 2.24) is 19.5 Å². The summed E-state index contributed by atoms with van der Waals surface area (Å²) in [6, 6.07) is 7.75. The molecule has 134 valence electrons. The van der Waals surface area contributed by atoms with Gasteiger partial charge in [-0.25, -0.2) is 19.5 Å². The molecule has 0 spiro atoms. The Morgan fingerprint density at radius 1 is 1.19 bits per heavy atom. The summed E-state index contributed by atoms with van der Waals surface area (Å²) in [6.45, 7) is 6.10. The predicted octanol–water partition coefficient (Wildman–Crippen LogP) is 3.95. The molecule has 0 saturated heterocycles. The first-order valence-electron chi connectivity index (χ1n) is 9.03. The van der Waals surface area contributed by atoms with E-state index in [1.54, 1.807) is 6.20 Å². The van der Waals surface area contributed by atoms with Gasteiger partial charge in [-0.3, -0.25) is 10.1 Å². The molecule has 1 saturated carbocycles. The van der Waals surface area contributed by atoms with E-state index >= 15 is 0 Å². The Morgan fingerprint density at radius 2 is 2.00 bits per heavy atom. The number of hydrogen-bond acceptors (Lipinski definition) is 4. The number of fused-ring (bicyclic) bond motifs is 1. The van der Waals surface area contributed by atoms with Crippen molar-refractivity contribution in [1.29, 1.82) is 0 Å². The number of rotatable bonds is 4. The van der Waals surface area contributed by atoms with E-state index in [1.165, 1.54) is 6.42 Å². The highest BCUT2D eigenvalue weighted by Gasteiger charge is 2.34. The molecule has 1 N–H and O–H groups in total. The lowest BCUT2D eigenvalue weighted by Gasteiger charge is -2.37. The molecule has 3 aromatic heterocycles. The molecule has 1 amide bonds. The first-order chi connectivity index (χ1) is 12.4. The maximum atomic E-state index is 12.6. The molecule has 0 aromatic carbocycles. The van der Waals surface area contributed by atoms with Crippen LogP contribution in [0.3, 0.4) is 0 Å². The Morgan fingerprint density at radius 3 is 2.65 bits per heavy atom. The zero-order valence-electron chi connectivity index (χ0n) is 15.4. The monoisotopic (exact) mass is 349 g/mol. The average molecular weight is 349 g/mol. The molecule has 1 aliphatic carbocycles. The summed E-state index contributed by atoms with van der Waals surface area (Å²) in [6.07, 6.45) is 5.74. The maximum Gasteiger partial charge on any atom is 0.227 e. The molecule has 0 atom stereocenters. The van der Waals surface area contributed by atoms with Gasteiger partial charge in [-0.1, -0.05) is 19.4 Å². The van der Waals surface area contributed by atoms with Crippen molar-refractivity contribution < 1.29 is 4.79 Å². The fraction of sp³-hybridized carbons (Fsp3) is 0.400. The molecule has 0 radical (unpaired) electrons. The van der Waals surface area contributed by atoms with Gasteiger partial charge >= 0.3 is 0 Å². The minimum atomic E-state index is -0.00686. The van der Waals surface area contributed by atoms with Crippen LogP contribution in [0.1, 0.15) is 43.9 Å². The van der Waals surface area contributed by atoms with Crippen LogP contribution in [-0.2, 0) is 4.79 Å². The van der Waals surface area contributed by atoms with Gasteiger partial charge in [0.05, 0.1) is 0 Å². The normalized spacial score (nSPS) is 15.7. The third-order valence-electron chi connectivity index (χ3n) is 5.17. The number of imidazole rings is 1. The number of aryl methyl sites for hydroxylation is 2. The molecule has 3 aromatic rings. The molecule has 0 bridgehead atoms. The van der Waals surface area contributed by atoms with E-state index in [0.29, 0.717) is 23.8 Å². The second-order valence-corrected chi connectivity index (χ2v) is 7.65. The number of pyridine rings is 2. The lowest BCUT2D eigenvalue weighted by molar-refractivity contribution is -0.119. The number of anilines is 1. The molecule has 4 rings (SSSR count). The van der Waals surface area contributed by atoms with Gasteiger partial charge in [0.1, 0.15) is 11.3 Å². The predicted molar refractivity (Wildman–Crippen MR) is 101 cm³/mol. The molecule has 3 heterocycles. The number of carbonyl (C=O) groups is 1. The zero-order chi connectivity index (χ0) is 18.3. The standard InChI is InChI=1S/C20H23N5O/c1-13-5-8-16(21-12-13)25-18-15(7-6-14(2)22-18)23-19(25)24-17(26)11-20(3)9-4-10-20/h5-8,12H,4,9-11H2,1-3H3,(H,23,24,26). The summed E-state index contributed by atoms with van der Waals surface area (Å²) in [5.74, 6) is 1.16. The van der Waals surface area contributed by atoms with E-state index in [0.717, 1.165) is 29.6 Å². The van der Waals surface area contributed by atoms with Crippen molar-refractivity contribution in [3.8, 4) is 5.82 Å². The fourth-order valence-electron chi connectivity index (χ4n) is 3.46. The summed E-state index contributed by atoms with van der Waals surface area (Å²) in [7, 11) is 0. The van der Waals surface area contributed by atoms with Crippen molar-refractivity contribution in [3.63, 3.8) is 0 Å². The molecule has 6 heteroatoms. The van der Waals surface area contributed by atoms with E-state index in [1.807, 2.05) is 42.7 Å². The van der Waals surface area contributed by atoms with Crippen LogP contribution in [0.5, 0.6) is 0 Å². The Bertz CT molecular complexity index is 970. The van der Waals surface area contributed by atoms with Gasteiger partial charge in [-0.2, -0.15) is 0 Å². The summed E-state index contributed by atoms with van der Waals surface area (Å²) >= 11 is 0. The van der Waals surface area contributed by atoms with E-state index in [-0.39, 0.29) is 11.3 Å². The van der Waals surface area contributed by atoms with E-state index in [9.17, 15) is 4.79 Å². The third kappa shape index (κ3) is 3.07. The first-order valence-corrected chi connectivity index (χ1v) is 9.03. The minimum absolute atomic E-state index is 0.00686. The number of nitrogens with one attached hydrogen (secondary N) is 1. The summed E-state index contributed by atoms with van der Waals surface area (Å²) < 4.78 is 1.82. The SMILES string of the molecule is Cc1ccc(-n2c(NC(=O)CC3(C)CCC3)nc3ccc(C)nc32)nc1.